The molecular weight excluding hydrogens is 388 g/mol. The van der Waals surface area contributed by atoms with Gasteiger partial charge in [-0.1, -0.05) is 60.7 Å². The summed E-state index contributed by atoms with van der Waals surface area (Å²) in [5.74, 6) is 0. The first kappa shape index (κ1) is 20.9. The third kappa shape index (κ3) is 4.39. The fraction of sp³-hybridized carbons (Fsp3) is 0.280. The maximum absolute atomic E-state index is 11.9. The molecule has 6 nitrogen and oxygen atoms in total. The molecule has 3 aromatic carbocycles. The second kappa shape index (κ2) is 8.78. The summed E-state index contributed by atoms with van der Waals surface area (Å²) in [4.78, 5) is 16.1. The van der Waals surface area contributed by atoms with E-state index in [1.54, 1.807) is 6.07 Å². The highest BCUT2D eigenvalue weighted by Gasteiger charge is 2.31. The quantitative estimate of drug-likeness (QED) is 0.465. The minimum absolute atomic E-state index is 0.0796. The fourth-order valence-corrected chi connectivity index (χ4v) is 4.17. The highest BCUT2D eigenvalue weighted by Crippen LogP contribution is 2.38. The van der Waals surface area contributed by atoms with Crippen LogP contribution >= 0.6 is 0 Å². The van der Waals surface area contributed by atoms with Crippen molar-refractivity contribution in [2.24, 2.45) is 0 Å². The summed E-state index contributed by atoms with van der Waals surface area (Å²) in [6, 6.07) is 25.5. The summed E-state index contributed by atoms with van der Waals surface area (Å²) < 4.78 is 0. The van der Waals surface area contributed by atoms with Gasteiger partial charge in [-0.3, -0.25) is 10.1 Å². The van der Waals surface area contributed by atoms with Crippen molar-refractivity contribution >= 4 is 17.1 Å². The first-order valence-electron chi connectivity index (χ1n) is 10.6. The molecule has 0 bridgehead atoms. The SMILES string of the molecule is CN1CCN(c2ccc([N+](=O)[O-])c(NC(C)(c3ccccc3)c3ccccc3)c2)CC1. The molecule has 4 rings (SSSR count). The number of nitrogens with zero attached hydrogens (tertiary/aromatic N) is 3. The van der Waals surface area contributed by atoms with E-state index in [1.807, 2.05) is 48.5 Å². The molecule has 1 heterocycles. The van der Waals surface area contributed by atoms with E-state index in [4.69, 9.17) is 0 Å². The molecule has 1 fully saturated rings. The highest BCUT2D eigenvalue weighted by atomic mass is 16.6. The summed E-state index contributed by atoms with van der Waals surface area (Å²) in [5.41, 5.74) is 3.06. The Balaban J connectivity index is 1.77. The van der Waals surface area contributed by atoms with E-state index in [0.29, 0.717) is 5.69 Å². The summed E-state index contributed by atoms with van der Waals surface area (Å²) in [7, 11) is 2.12. The van der Waals surface area contributed by atoms with Crippen molar-refractivity contribution in [2.45, 2.75) is 12.5 Å². The van der Waals surface area contributed by atoms with Crippen LogP contribution in [-0.2, 0) is 5.54 Å². The molecule has 0 atom stereocenters. The van der Waals surface area contributed by atoms with Gasteiger partial charge < -0.3 is 15.1 Å². The molecule has 1 aliphatic rings. The van der Waals surface area contributed by atoms with Crippen LogP contribution in [0.25, 0.3) is 0 Å². The highest BCUT2D eigenvalue weighted by molar-refractivity contribution is 5.71. The average Bonchev–Trinajstić information content (AvgIpc) is 2.80. The third-order valence-electron chi connectivity index (χ3n) is 6.13. The molecule has 1 saturated heterocycles. The van der Waals surface area contributed by atoms with E-state index in [0.717, 1.165) is 43.0 Å². The zero-order valence-corrected chi connectivity index (χ0v) is 18.0. The van der Waals surface area contributed by atoms with Crippen LogP contribution in [0.4, 0.5) is 17.1 Å². The Morgan fingerprint density at radius 2 is 1.42 bits per heavy atom. The van der Waals surface area contributed by atoms with Gasteiger partial charge in [0.25, 0.3) is 5.69 Å². The smallest absolute Gasteiger partial charge is 0.292 e. The van der Waals surface area contributed by atoms with Crippen LogP contribution in [0.2, 0.25) is 0 Å². The van der Waals surface area contributed by atoms with Crippen LogP contribution in [0, 0.1) is 10.1 Å². The van der Waals surface area contributed by atoms with Crippen molar-refractivity contribution in [1.29, 1.82) is 0 Å². The van der Waals surface area contributed by atoms with Gasteiger partial charge in [-0.05, 0) is 37.2 Å². The topological polar surface area (TPSA) is 61.7 Å². The van der Waals surface area contributed by atoms with Gasteiger partial charge in [0.05, 0.1) is 10.5 Å². The molecule has 0 aromatic heterocycles. The number of nitrogens with one attached hydrogen (secondary N) is 1. The predicted octanol–water partition coefficient (Wildman–Crippen LogP) is 4.72. The second-order valence-corrected chi connectivity index (χ2v) is 8.23. The fourth-order valence-electron chi connectivity index (χ4n) is 4.17. The van der Waals surface area contributed by atoms with Crippen LogP contribution in [-0.4, -0.2) is 43.0 Å². The molecule has 0 unspecified atom stereocenters. The molecule has 1 aliphatic heterocycles. The molecule has 0 spiro atoms. The zero-order valence-electron chi connectivity index (χ0n) is 18.0. The molecule has 0 radical (unpaired) electrons. The Hall–Kier alpha value is -3.38. The van der Waals surface area contributed by atoms with Crippen LogP contribution in [0.3, 0.4) is 0 Å². The number of hydrogen-bond donors (Lipinski definition) is 1. The van der Waals surface area contributed by atoms with Crippen molar-refractivity contribution in [3.8, 4) is 0 Å². The molecule has 0 saturated carbocycles. The molecule has 0 aliphatic carbocycles. The summed E-state index contributed by atoms with van der Waals surface area (Å²) in [6.07, 6.45) is 0. The Morgan fingerprint density at radius 1 is 0.871 bits per heavy atom. The standard InChI is InChI=1S/C25H28N4O2/c1-25(20-9-5-3-6-10-20,21-11-7-4-8-12-21)26-23-19-22(13-14-24(23)29(30)31)28-17-15-27(2)16-18-28/h3-14,19,26H,15-18H2,1-2H3. The van der Waals surface area contributed by atoms with E-state index in [1.165, 1.54) is 0 Å². The van der Waals surface area contributed by atoms with Crippen LogP contribution in [0.1, 0.15) is 18.1 Å². The number of likely N-dealkylation sites (N-methyl/N-ethyl adjacent to an activating group) is 1. The van der Waals surface area contributed by atoms with Crippen LogP contribution < -0.4 is 10.2 Å². The molecule has 1 N–H and O–H groups in total. The Kier molecular flexibility index (Phi) is 5.91. The van der Waals surface area contributed by atoms with Crippen molar-refractivity contribution < 1.29 is 4.92 Å². The normalized spacial score (nSPS) is 15.0. The van der Waals surface area contributed by atoms with Gasteiger partial charge in [-0.2, -0.15) is 0 Å². The van der Waals surface area contributed by atoms with Gasteiger partial charge in [0.2, 0.25) is 0 Å². The van der Waals surface area contributed by atoms with Crippen molar-refractivity contribution in [1.82, 2.24) is 4.90 Å². The summed E-state index contributed by atoms with van der Waals surface area (Å²) in [5, 5.41) is 15.4. The molecule has 0 amide bonds. The number of nitro benzene ring substituents is 1. The van der Waals surface area contributed by atoms with E-state index in [9.17, 15) is 10.1 Å². The summed E-state index contributed by atoms with van der Waals surface area (Å²) in [6.45, 7) is 5.84. The lowest BCUT2D eigenvalue weighted by molar-refractivity contribution is -0.384. The monoisotopic (exact) mass is 416 g/mol. The van der Waals surface area contributed by atoms with Crippen molar-refractivity contribution in [3.05, 3.63) is 100 Å². The van der Waals surface area contributed by atoms with E-state index >= 15 is 0 Å². The second-order valence-electron chi connectivity index (χ2n) is 8.23. The largest absolute Gasteiger partial charge is 0.369 e. The molecule has 160 valence electrons. The maximum atomic E-state index is 11.9. The zero-order chi connectivity index (χ0) is 21.8. The number of anilines is 2. The van der Waals surface area contributed by atoms with Crippen molar-refractivity contribution in [2.75, 3.05) is 43.4 Å². The van der Waals surface area contributed by atoms with E-state index < -0.39 is 5.54 Å². The molecule has 3 aromatic rings. The first-order chi connectivity index (χ1) is 15.0. The lowest BCUT2D eigenvalue weighted by atomic mass is 9.84. The van der Waals surface area contributed by atoms with Gasteiger partial charge in [-0.25, -0.2) is 0 Å². The number of hydrogen-bond acceptors (Lipinski definition) is 5. The lowest BCUT2D eigenvalue weighted by Crippen LogP contribution is -2.44. The number of nitro groups is 1. The lowest BCUT2D eigenvalue weighted by Gasteiger charge is -2.35. The third-order valence-corrected chi connectivity index (χ3v) is 6.13. The van der Waals surface area contributed by atoms with E-state index in [-0.39, 0.29) is 10.6 Å². The van der Waals surface area contributed by atoms with Crippen molar-refractivity contribution in [3.63, 3.8) is 0 Å². The van der Waals surface area contributed by atoms with Gasteiger partial charge in [0.15, 0.2) is 0 Å². The van der Waals surface area contributed by atoms with Crippen LogP contribution in [0.5, 0.6) is 0 Å². The minimum Gasteiger partial charge on any atom is -0.369 e. The van der Waals surface area contributed by atoms with Gasteiger partial charge in [-0.15, -0.1) is 0 Å². The number of rotatable bonds is 6. The van der Waals surface area contributed by atoms with Gasteiger partial charge in [0.1, 0.15) is 5.69 Å². The number of piperazine rings is 1. The van der Waals surface area contributed by atoms with Gasteiger partial charge in [0, 0.05) is 37.9 Å². The molecule has 6 heteroatoms. The Labute approximate surface area is 183 Å². The summed E-state index contributed by atoms with van der Waals surface area (Å²) >= 11 is 0. The van der Waals surface area contributed by atoms with E-state index in [2.05, 4.69) is 53.4 Å². The maximum Gasteiger partial charge on any atom is 0.292 e. The first-order valence-corrected chi connectivity index (χ1v) is 10.6. The van der Waals surface area contributed by atoms with Crippen LogP contribution in [0.15, 0.2) is 78.9 Å². The minimum atomic E-state index is -0.631. The molecular formula is C25H28N4O2. The van der Waals surface area contributed by atoms with Gasteiger partial charge >= 0.3 is 0 Å². The predicted molar refractivity (Wildman–Crippen MR) is 126 cm³/mol. The average molecular weight is 417 g/mol. The molecule has 31 heavy (non-hydrogen) atoms. The Bertz CT molecular complexity index is 992. The number of benzene rings is 3. The Morgan fingerprint density at radius 3 is 1.94 bits per heavy atom.